The maximum Gasteiger partial charge on any atom is 0.231 e. The van der Waals surface area contributed by atoms with Gasteiger partial charge in [-0.05, 0) is 29.5 Å². The zero-order valence-electron chi connectivity index (χ0n) is 7.56. The van der Waals surface area contributed by atoms with Crippen molar-refractivity contribution in [3.8, 4) is 0 Å². The molecule has 0 bridgehead atoms. The van der Waals surface area contributed by atoms with Gasteiger partial charge in [0.15, 0.2) is 0 Å². The van der Waals surface area contributed by atoms with E-state index in [9.17, 15) is 4.79 Å². The van der Waals surface area contributed by atoms with E-state index >= 15 is 0 Å². The molecule has 1 aromatic heterocycles. The van der Waals surface area contributed by atoms with Crippen molar-refractivity contribution >= 4 is 29.0 Å². The van der Waals surface area contributed by atoms with Gasteiger partial charge in [0.2, 0.25) is 5.91 Å². The van der Waals surface area contributed by atoms with Crippen LogP contribution in [0.15, 0.2) is 23.7 Å². The molecule has 0 radical (unpaired) electrons. The van der Waals surface area contributed by atoms with E-state index in [2.05, 4.69) is 17.5 Å². The third-order valence-corrected chi connectivity index (χ3v) is 3.51. The molecule has 0 saturated carbocycles. The fraction of sp³-hybridized carbons (Fsp3) is 0.182. The summed E-state index contributed by atoms with van der Waals surface area (Å²) in [5, 5.41) is 2.07. The SMILES string of the molecule is O=C1CCC=C2c3sccc3C=CN12. The van der Waals surface area contributed by atoms with E-state index in [1.807, 2.05) is 12.3 Å². The van der Waals surface area contributed by atoms with E-state index in [-0.39, 0.29) is 5.91 Å². The molecule has 0 aromatic carbocycles. The summed E-state index contributed by atoms with van der Waals surface area (Å²) in [6.45, 7) is 0. The highest BCUT2D eigenvalue weighted by atomic mass is 32.1. The number of hydrogen-bond donors (Lipinski definition) is 0. The monoisotopic (exact) mass is 203 g/mol. The first kappa shape index (κ1) is 8.00. The first-order chi connectivity index (χ1) is 6.86. The normalized spacial score (nSPS) is 19.0. The molecule has 0 spiro atoms. The lowest BCUT2D eigenvalue weighted by molar-refractivity contribution is -0.126. The highest BCUT2D eigenvalue weighted by Gasteiger charge is 2.25. The van der Waals surface area contributed by atoms with E-state index in [4.69, 9.17) is 0 Å². The first-order valence-corrected chi connectivity index (χ1v) is 5.52. The third kappa shape index (κ3) is 0.990. The van der Waals surface area contributed by atoms with Crippen LogP contribution >= 0.6 is 11.3 Å². The highest BCUT2D eigenvalue weighted by Crippen LogP contribution is 2.36. The predicted octanol–water partition coefficient (Wildman–Crippen LogP) is 2.70. The fourth-order valence-electron chi connectivity index (χ4n) is 1.86. The van der Waals surface area contributed by atoms with Crippen LogP contribution in [0, 0.1) is 0 Å². The lowest BCUT2D eigenvalue weighted by Gasteiger charge is -2.27. The number of carbonyl (C=O) groups is 1. The van der Waals surface area contributed by atoms with Gasteiger partial charge in [0.25, 0.3) is 0 Å². The Morgan fingerprint density at radius 3 is 3.29 bits per heavy atom. The van der Waals surface area contributed by atoms with Crippen molar-refractivity contribution in [2.75, 3.05) is 0 Å². The molecular formula is C11H9NOS. The average Bonchev–Trinajstić information content (AvgIpc) is 2.66. The Hall–Kier alpha value is -1.35. The Kier molecular flexibility index (Phi) is 1.61. The minimum absolute atomic E-state index is 0.206. The van der Waals surface area contributed by atoms with Crippen LogP contribution in [0.4, 0.5) is 0 Å². The van der Waals surface area contributed by atoms with E-state index in [1.165, 1.54) is 10.4 Å². The minimum Gasteiger partial charge on any atom is -0.287 e. The number of hydrogen-bond acceptors (Lipinski definition) is 2. The van der Waals surface area contributed by atoms with Gasteiger partial charge in [-0.1, -0.05) is 6.08 Å². The molecule has 0 N–H and O–H groups in total. The Labute approximate surface area is 86.2 Å². The number of thiophene rings is 1. The summed E-state index contributed by atoms with van der Waals surface area (Å²) in [6.07, 6.45) is 7.54. The van der Waals surface area contributed by atoms with Crippen LogP contribution < -0.4 is 0 Å². The standard InChI is InChI=1S/C11H9NOS/c13-10-3-1-2-9-11-8(5-7-14-11)4-6-12(9)10/h2,4-7H,1,3H2. The summed E-state index contributed by atoms with van der Waals surface area (Å²) in [5.41, 5.74) is 2.31. The van der Waals surface area contributed by atoms with Crippen molar-refractivity contribution in [3.05, 3.63) is 34.2 Å². The van der Waals surface area contributed by atoms with Crippen molar-refractivity contribution in [3.63, 3.8) is 0 Å². The molecule has 0 unspecified atom stereocenters. The van der Waals surface area contributed by atoms with Crippen LogP contribution in [-0.2, 0) is 4.79 Å². The first-order valence-electron chi connectivity index (χ1n) is 4.64. The number of allylic oxidation sites excluding steroid dienone is 1. The van der Waals surface area contributed by atoms with Gasteiger partial charge in [-0.25, -0.2) is 0 Å². The van der Waals surface area contributed by atoms with Crippen LogP contribution in [0.1, 0.15) is 23.3 Å². The predicted molar refractivity (Wildman–Crippen MR) is 57.4 cm³/mol. The molecule has 0 atom stereocenters. The maximum atomic E-state index is 11.6. The highest BCUT2D eigenvalue weighted by molar-refractivity contribution is 7.11. The Bertz CT molecular complexity index is 456. The van der Waals surface area contributed by atoms with Gasteiger partial charge in [-0.3, -0.25) is 9.69 Å². The summed E-state index contributed by atoms with van der Waals surface area (Å²) in [5.74, 6) is 0.206. The topological polar surface area (TPSA) is 20.3 Å². The molecule has 2 nitrogen and oxygen atoms in total. The second-order valence-corrected chi connectivity index (χ2v) is 4.33. The molecule has 0 saturated heterocycles. The molecule has 1 amide bonds. The number of fused-ring (bicyclic) bond motifs is 3. The van der Waals surface area contributed by atoms with Crippen molar-refractivity contribution < 1.29 is 4.79 Å². The molecule has 0 fully saturated rings. The summed E-state index contributed by atoms with van der Waals surface area (Å²) in [7, 11) is 0. The smallest absolute Gasteiger partial charge is 0.231 e. The van der Waals surface area contributed by atoms with Crippen LogP contribution in [0.5, 0.6) is 0 Å². The van der Waals surface area contributed by atoms with Crippen LogP contribution in [0.25, 0.3) is 11.8 Å². The summed E-state index contributed by atoms with van der Waals surface area (Å²) in [6, 6.07) is 2.09. The second-order valence-electron chi connectivity index (χ2n) is 3.41. The van der Waals surface area contributed by atoms with Gasteiger partial charge >= 0.3 is 0 Å². The number of amides is 1. The van der Waals surface area contributed by atoms with Gasteiger partial charge < -0.3 is 0 Å². The fourth-order valence-corrected chi connectivity index (χ4v) is 2.79. The Morgan fingerprint density at radius 2 is 2.36 bits per heavy atom. The molecular weight excluding hydrogens is 194 g/mol. The molecule has 2 aliphatic rings. The lowest BCUT2D eigenvalue weighted by Crippen LogP contribution is -2.28. The molecule has 14 heavy (non-hydrogen) atoms. The van der Waals surface area contributed by atoms with Crippen LogP contribution in [-0.4, -0.2) is 10.8 Å². The van der Waals surface area contributed by atoms with Gasteiger partial charge in [0.1, 0.15) is 0 Å². The van der Waals surface area contributed by atoms with Gasteiger partial charge in [0, 0.05) is 12.6 Å². The Balaban J connectivity index is 2.18. The molecule has 0 aliphatic carbocycles. The summed E-state index contributed by atoms with van der Waals surface area (Å²) in [4.78, 5) is 14.6. The molecule has 70 valence electrons. The summed E-state index contributed by atoms with van der Waals surface area (Å²) < 4.78 is 0. The number of carbonyl (C=O) groups excluding carboxylic acids is 1. The maximum absolute atomic E-state index is 11.6. The third-order valence-electron chi connectivity index (χ3n) is 2.56. The van der Waals surface area contributed by atoms with E-state index < -0.39 is 0 Å². The quantitative estimate of drug-likeness (QED) is 0.635. The van der Waals surface area contributed by atoms with Gasteiger partial charge in [0.05, 0.1) is 10.6 Å². The molecule has 3 heteroatoms. The van der Waals surface area contributed by atoms with Crippen LogP contribution in [0.2, 0.25) is 0 Å². The molecule has 2 aliphatic heterocycles. The second kappa shape index (κ2) is 2.82. The average molecular weight is 203 g/mol. The summed E-state index contributed by atoms with van der Waals surface area (Å²) >= 11 is 1.70. The zero-order valence-corrected chi connectivity index (χ0v) is 8.38. The van der Waals surface area contributed by atoms with Crippen LogP contribution in [0.3, 0.4) is 0 Å². The van der Waals surface area contributed by atoms with Gasteiger partial charge in [-0.2, -0.15) is 0 Å². The van der Waals surface area contributed by atoms with Crippen molar-refractivity contribution in [1.82, 2.24) is 4.90 Å². The minimum atomic E-state index is 0.206. The van der Waals surface area contributed by atoms with Crippen molar-refractivity contribution in [2.24, 2.45) is 0 Å². The largest absolute Gasteiger partial charge is 0.287 e. The lowest BCUT2D eigenvalue weighted by atomic mass is 10.1. The van der Waals surface area contributed by atoms with Crippen molar-refractivity contribution in [1.29, 1.82) is 0 Å². The number of nitrogens with zero attached hydrogens (tertiary/aromatic N) is 1. The van der Waals surface area contributed by atoms with E-state index in [0.29, 0.717) is 6.42 Å². The van der Waals surface area contributed by atoms with Crippen molar-refractivity contribution in [2.45, 2.75) is 12.8 Å². The van der Waals surface area contributed by atoms with Gasteiger partial charge in [-0.15, -0.1) is 11.3 Å². The number of rotatable bonds is 0. The zero-order chi connectivity index (χ0) is 9.54. The molecule has 3 rings (SSSR count). The molecule has 1 aromatic rings. The van der Waals surface area contributed by atoms with E-state index in [0.717, 1.165) is 12.1 Å². The Morgan fingerprint density at radius 1 is 1.43 bits per heavy atom. The van der Waals surface area contributed by atoms with E-state index in [1.54, 1.807) is 16.2 Å². The molecule has 3 heterocycles.